The first-order chi connectivity index (χ1) is 12.0. The SMILES string of the molecule is Cc1cc(C)cc(-n2nc(NC(=O)N3CCCC(CO)C3)cc2C)c1. The number of nitrogens with zero attached hydrogens (tertiary/aromatic N) is 3. The molecule has 0 saturated carbocycles. The minimum Gasteiger partial charge on any atom is -0.396 e. The number of likely N-dealkylation sites (tertiary alicyclic amines) is 1. The first kappa shape index (κ1) is 17.5. The van der Waals surface area contributed by atoms with Crippen LogP contribution in [-0.4, -0.2) is 45.5 Å². The van der Waals surface area contributed by atoms with Crippen LogP contribution in [0.1, 0.15) is 29.7 Å². The van der Waals surface area contributed by atoms with E-state index in [2.05, 4.69) is 42.5 Å². The summed E-state index contributed by atoms with van der Waals surface area (Å²) in [6.07, 6.45) is 1.90. The molecule has 1 fully saturated rings. The van der Waals surface area contributed by atoms with Crippen molar-refractivity contribution in [3.05, 3.63) is 41.1 Å². The van der Waals surface area contributed by atoms with Crippen molar-refractivity contribution in [3.8, 4) is 5.69 Å². The van der Waals surface area contributed by atoms with Crippen LogP contribution in [0.4, 0.5) is 10.6 Å². The molecule has 0 bridgehead atoms. The lowest BCUT2D eigenvalue weighted by molar-refractivity contribution is 0.136. The Hall–Kier alpha value is -2.34. The van der Waals surface area contributed by atoms with E-state index in [1.165, 1.54) is 11.1 Å². The number of hydrogen-bond acceptors (Lipinski definition) is 3. The molecular formula is C19H26N4O2. The van der Waals surface area contributed by atoms with Crippen LogP contribution in [0, 0.1) is 26.7 Å². The number of urea groups is 1. The molecule has 2 amide bonds. The van der Waals surface area contributed by atoms with Crippen molar-refractivity contribution < 1.29 is 9.90 Å². The summed E-state index contributed by atoms with van der Waals surface area (Å²) in [5.41, 5.74) is 4.32. The van der Waals surface area contributed by atoms with Gasteiger partial charge in [0.1, 0.15) is 0 Å². The molecule has 0 spiro atoms. The number of carbonyl (C=O) groups excluding carboxylic acids is 1. The van der Waals surface area contributed by atoms with Gasteiger partial charge in [-0.3, -0.25) is 5.32 Å². The minimum absolute atomic E-state index is 0.129. The van der Waals surface area contributed by atoms with E-state index in [4.69, 9.17) is 0 Å². The lowest BCUT2D eigenvalue weighted by atomic mass is 9.99. The summed E-state index contributed by atoms with van der Waals surface area (Å²) in [5.74, 6) is 0.724. The molecule has 1 saturated heterocycles. The highest BCUT2D eigenvalue weighted by atomic mass is 16.3. The third-order valence-electron chi connectivity index (χ3n) is 4.64. The average Bonchev–Trinajstić information content (AvgIpc) is 2.94. The van der Waals surface area contributed by atoms with Gasteiger partial charge in [-0.15, -0.1) is 5.10 Å². The first-order valence-corrected chi connectivity index (χ1v) is 8.78. The fourth-order valence-electron chi connectivity index (χ4n) is 3.46. The fourth-order valence-corrected chi connectivity index (χ4v) is 3.46. The molecule has 1 aliphatic heterocycles. The monoisotopic (exact) mass is 342 g/mol. The van der Waals surface area contributed by atoms with Crippen LogP contribution in [0.25, 0.3) is 5.69 Å². The maximum Gasteiger partial charge on any atom is 0.323 e. The van der Waals surface area contributed by atoms with Gasteiger partial charge in [0.25, 0.3) is 0 Å². The molecule has 0 radical (unpaired) electrons. The van der Waals surface area contributed by atoms with Crippen LogP contribution in [0.2, 0.25) is 0 Å². The Morgan fingerprint density at radius 2 is 1.96 bits per heavy atom. The molecule has 3 rings (SSSR count). The number of piperidine rings is 1. The molecule has 6 nitrogen and oxygen atoms in total. The van der Waals surface area contributed by atoms with Gasteiger partial charge < -0.3 is 10.0 Å². The molecule has 25 heavy (non-hydrogen) atoms. The van der Waals surface area contributed by atoms with Gasteiger partial charge in [-0.05, 0) is 62.8 Å². The Labute approximate surface area is 148 Å². The fraction of sp³-hybridized carbons (Fsp3) is 0.474. The zero-order chi connectivity index (χ0) is 18.0. The number of aliphatic hydroxyl groups is 1. The molecule has 1 atom stereocenters. The third kappa shape index (κ3) is 4.02. The molecule has 1 aromatic carbocycles. The molecule has 134 valence electrons. The highest BCUT2D eigenvalue weighted by Crippen LogP contribution is 2.20. The average molecular weight is 342 g/mol. The molecular weight excluding hydrogens is 316 g/mol. The lowest BCUT2D eigenvalue weighted by Gasteiger charge is -2.31. The van der Waals surface area contributed by atoms with E-state index in [1.54, 1.807) is 4.90 Å². The van der Waals surface area contributed by atoms with Gasteiger partial charge in [-0.2, -0.15) is 0 Å². The number of amides is 2. The predicted molar refractivity (Wildman–Crippen MR) is 98.2 cm³/mol. The summed E-state index contributed by atoms with van der Waals surface area (Å²) in [5, 5.41) is 16.8. The summed E-state index contributed by atoms with van der Waals surface area (Å²) in [4.78, 5) is 14.2. The van der Waals surface area contributed by atoms with Crippen molar-refractivity contribution in [1.82, 2.24) is 14.7 Å². The summed E-state index contributed by atoms with van der Waals surface area (Å²) in [7, 11) is 0. The van der Waals surface area contributed by atoms with E-state index in [-0.39, 0.29) is 18.6 Å². The first-order valence-electron chi connectivity index (χ1n) is 8.78. The zero-order valence-electron chi connectivity index (χ0n) is 15.1. The quantitative estimate of drug-likeness (QED) is 0.901. The van der Waals surface area contributed by atoms with Crippen LogP contribution in [0.15, 0.2) is 24.3 Å². The van der Waals surface area contributed by atoms with Crippen LogP contribution >= 0.6 is 0 Å². The van der Waals surface area contributed by atoms with E-state index in [0.717, 1.165) is 30.8 Å². The summed E-state index contributed by atoms with van der Waals surface area (Å²) in [6.45, 7) is 7.54. The maximum atomic E-state index is 12.5. The van der Waals surface area contributed by atoms with Crippen molar-refractivity contribution in [3.63, 3.8) is 0 Å². The number of carbonyl (C=O) groups is 1. The molecule has 1 unspecified atom stereocenters. The summed E-state index contributed by atoms with van der Waals surface area (Å²) < 4.78 is 1.85. The second kappa shape index (κ2) is 7.27. The topological polar surface area (TPSA) is 70.4 Å². The zero-order valence-corrected chi connectivity index (χ0v) is 15.1. The predicted octanol–water partition coefficient (Wildman–Crippen LogP) is 3.03. The third-order valence-corrected chi connectivity index (χ3v) is 4.64. The number of rotatable bonds is 3. The number of aromatic nitrogens is 2. The Kier molecular flexibility index (Phi) is 5.08. The normalized spacial score (nSPS) is 17.6. The molecule has 1 aromatic heterocycles. The molecule has 0 aliphatic carbocycles. The Bertz CT molecular complexity index is 749. The van der Waals surface area contributed by atoms with Crippen molar-refractivity contribution in [2.24, 2.45) is 5.92 Å². The van der Waals surface area contributed by atoms with Crippen molar-refractivity contribution in [1.29, 1.82) is 0 Å². The van der Waals surface area contributed by atoms with Crippen LogP contribution < -0.4 is 5.32 Å². The minimum atomic E-state index is -0.150. The number of aryl methyl sites for hydroxylation is 3. The van der Waals surface area contributed by atoms with Gasteiger partial charge in [0.2, 0.25) is 0 Å². The molecule has 1 aliphatic rings. The molecule has 2 heterocycles. The van der Waals surface area contributed by atoms with Gasteiger partial charge >= 0.3 is 6.03 Å². The summed E-state index contributed by atoms with van der Waals surface area (Å²) >= 11 is 0. The Balaban J connectivity index is 1.75. The van der Waals surface area contributed by atoms with E-state index < -0.39 is 0 Å². The largest absolute Gasteiger partial charge is 0.396 e. The van der Waals surface area contributed by atoms with Crippen LogP contribution in [0.3, 0.4) is 0 Å². The van der Waals surface area contributed by atoms with E-state index >= 15 is 0 Å². The standard InChI is InChI=1S/C19H26N4O2/c1-13-7-14(2)9-17(8-13)23-15(3)10-18(21-23)20-19(25)22-6-4-5-16(11-22)12-24/h7-10,16,24H,4-6,11-12H2,1-3H3,(H,20,21,25). The van der Waals surface area contributed by atoms with Crippen LogP contribution in [0.5, 0.6) is 0 Å². The molecule has 2 N–H and O–H groups in total. The van der Waals surface area contributed by atoms with Crippen molar-refractivity contribution >= 4 is 11.8 Å². The summed E-state index contributed by atoms with van der Waals surface area (Å²) in [6, 6.07) is 8.01. The highest BCUT2D eigenvalue weighted by Gasteiger charge is 2.23. The number of benzene rings is 1. The molecule has 6 heteroatoms. The van der Waals surface area contributed by atoms with Crippen LogP contribution in [-0.2, 0) is 0 Å². The van der Waals surface area contributed by atoms with Gasteiger partial charge in [0.05, 0.1) is 5.69 Å². The number of anilines is 1. The lowest BCUT2D eigenvalue weighted by Crippen LogP contribution is -2.43. The van der Waals surface area contributed by atoms with Gasteiger partial charge in [0, 0.05) is 31.5 Å². The number of aliphatic hydroxyl groups excluding tert-OH is 1. The van der Waals surface area contributed by atoms with Gasteiger partial charge in [-0.1, -0.05) is 6.07 Å². The smallest absolute Gasteiger partial charge is 0.323 e. The van der Waals surface area contributed by atoms with Crippen molar-refractivity contribution in [2.75, 3.05) is 25.0 Å². The van der Waals surface area contributed by atoms with E-state index in [1.807, 2.05) is 17.7 Å². The highest BCUT2D eigenvalue weighted by molar-refractivity contribution is 5.88. The molecule has 2 aromatic rings. The Morgan fingerprint density at radius 3 is 2.64 bits per heavy atom. The second-order valence-corrected chi connectivity index (χ2v) is 7.00. The van der Waals surface area contributed by atoms with Gasteiger partial charge in [0.15, 0.2) is 5.82 Å². The number of hydrogen-bond donors (Lipinski definition) is 2. The maximum absolute atomic E-state index is 12.5. The van der Waals surface area contributed by atoms with Gasteiger partial charge in [-0.25, -0.2) is 9.48 Å². The Morgan fingerprint density at radius 1 is 1.24 bits per heavy atom. The second-order valence-electron chi connectivity index (χ2n) is 7.00. The van der Waals surface area contributed by atoms with E-state index in [9.17, 15) is 9.90 Å². The van der Waals surface area contributed by atoms with Crippen molar-refractivity contribution in [2.45, 2.75) is 33.6 Å². The van der Waals surface area contributed by atoms with E-state index in [0.29, 0.717) is 12.4 Å². The number of nitrogens with one attached hydrogen (secondary N) is 1.